The molecule has 1 aliphatic carbocycles. The van der Waals surface area contributed by atoms with E-state index in [0.717, 1.165) is 17.6 Å². The zero-order chi connectivity index (χ0) is 13.2. The summed E-state index contributed by atoms with van der Waals surface area (Å²) < 4.78 is 0. The van der Waals surface area contributed by atoms with E-state index < -0.39 is 0 Å². The van der Waals surface area contributed by atoms with Crippen molar-refractivity contribution in [3.63, 3.8) is 0 Å². The summed E-state index contributed by atoms with van der Waals surface area (Å²) in [6.45, 7) is 5.41. The normalized spacial score (nSPS) is 14.9. The van der Waals surface area contributed by atoms with Crippen LogP contribution in [0.4, 0.5) is 5.13 Å². The smallest absolute Gasteiger partial charge is 0.183 e. The van der Waals surface area contributed by atoms with Crippen LogP contribution in [0.1, 0.15) is 38.2 Å². The number of anilines is 1. The third-order valence-electron chi connectivity index (χ3n) is 3.41. The molecule has 1 heterocycles. The van der Waals surface area contributed by atoms with Gasteiger partial charge in [0.2, 0.25) is 0 Å². The quantitative estimate of drug-likeness (QED) is 0.849. The zero-order valence-corrected chi connectivity index (χ0v) is 12.3. The first-order valence-electron chi connectivity index (χ1n) is 7.03. The summed E-state index contributed by atoms with van der Waals surface area (Å²) in [5.41, 5.74) is 2.88. The Hall–Kier alpha value is -1.35. The molecule has 1 fully saturated rings. The first-order chi connectivity index (χ1) is 9.24. The third kappa shape index (κ3) is 2.98. The molecule has 1 N–H and O–H groups in total. The molecule has 0 amide bonds. The summed E-state index contributed by atoms with van der Waals surface area (Å²) >= 11 is 1.77. The van der Waals surface area contributed by atoms with Crippen molar-refractivity contribution in [2.75, 3.05) is 11.9 Å². The van der Waals surface area contributed by atoms with Crippen LogP contribution in [0.25, 0.3) is 10.4 Å². The fraction of sp³-hybridized carbons (Fsp3) is 0.438. The Morgan fingerprint density at radius 3 is 2.84 bits per heavy atom. The molecule has 0 unspecified atom stereocenters. The summed E-state index contributed by atoms with van der Waals surface area (Å²) in [6.07, 6.45) is 4.69. The second kappa shape index (κ2) is 5.33. The van der Waals surface area contributed by atoms with Crippen LogP contribution in [-0.4, -0.2) is 11.5 Å². The van der Waals surface area contributed by atoms with Gasteiger partial charge in [0.15, 0.2) is 5.13 Å². The highest BCUT2D eigenvalue weighted by molar-refractivity contribution is 7.18. The van der Waals surface area contributed by atoms with Gasteiger partial charge in [-0.05, 0) is 35.8 Å². The van der Waals surface area contributed by atoms with E-state index in [1.165, 1.54) is 28.8 Å². The van der Waals surface area contributed by atoms with E-state index in [-0.39, 0.29) is 0 Å². The lowest BCUT2D eigenvalue weighted by atomic mass is 10.0. The average molecular weight is 272 g/mol. The van der Waals surface area contributed by atoms with Gasteiger partial charge in [-0.15, -0.1) is 0 Å². The maximum Gasteiger partial charge on any atom is 0.183 e. The van der Waals surface area contributed by atoms with Crippen molar-refractivity contribution in [3.8, 4) is 10.4 Å². The molecule has 3 rings (SSSR count). The Labute approximate surface area is 118 Å². The van der Waals surface area contributed by atoms with E-state index in [9.17, 15) is 0 Å². The van der Waals surface area contributed by atoms with Gasteiger partial charge in [-0.2, -0.15) is 0 Å². The van der Waals surface area contributed by atoms with Crippen molar-refractivity contribution in [2.45, 2.75) is 32.6 Å². The van der Waals surface area contributed by atoms with Gasteiger partial charge in [0, 0.05) is 12.7 Å². The van der Waals surface area contributed by atoms with Crippen LogP contribution in [0, 0.1) is 5.92 Å². The van der Waals surface area contributed by atoms with Crippen LogP contribution in [0.2, 0.25) is 0 Å². The number of thiazole rings is 1. The Kier molecular flexibility index (Phi) is 3.56. The van der Waals surface area contributed by atoms with Crippen molar-refractivity contribution in [1.82, 2.24) is 4.98 Å². The zero-order valence-electron chi connectivity index (χ0n) is 11.5. The van der Waals surface area contributed by atoms with Gasteiger partial charge in [0.05, 0.1) is 4.88 Å². The molecular formula is C16H20N2S. The second-order valence-corrected chi connectivity index (χ2v) is 6.70. The van der Waals surface area contributed by atoms with Gasteiger partial charge in [-0.1, -0.05) is 49.4 Å². The number of hydrogen-bond donors (Lipinski definition) is 1. The SMILES string of the molecule is CC(C)CNc1ncc(-c2ccccc2C2CC2)s1. The van der Waals surface area contributed by atoms with Gasteiger partial charge >= 0.3 is 0 Å². The largest absolute Gasteiger partial charge is 0.361 e. The molecule has 1 aromatic heterocycles. The number of nitrogens with zero attached hydrogens (tertiary/aromatic N) is 1. The number of hydrogen-bond acceptors (Lipinski definition) is 3. The van der Waals surface area contributed by atoms with Crippen molar-refractivity contribution in [1.29, 1.82) is 0 Å². The lowest BCUT2D eigenvalue weighted by molar-refractivity contribution is 0.688. The fourth-order valence-electron chi connectivity index (χ4n) is 2.24. The maximum absolute atomic E-state index is 4.49. The molecule has 3 heteroatoms. The molecule has 0 bridgehead atoms. The highest BCUT2D eigenvalue weighted by atomic mass is 32.1. The van der Waals surface area contributed by atoms with E-state index in [1.54, 1.807) is 11.3 Å². The predicted octanol–water partition coefficient (Wildman–Crippen LogP) is 4.76. The molecule has 1 aliphatic rings. The highest BCUT2D eigenvalue weighted by Crippen LogP contribution is 2.45. The molecule has 100 valence electrons. The van der Waals surface area contributed by atoms with Crippen molar-refractivity contribution >= 4 is 16.5 Å². The molecule has 19 heavy (non-hydrogen) atoms. The Balaban J connectivity index is 1.82. The van der Waals surface area contributed by atoms with Crippen LogP contribution in [0.5, 0.6) is 0 Å². The number of benzene rings is 1. The topological polar surface area (TPSA) is 24.9 Å². The van der Waals surface area contributed by atoms with Crippen LogP contribution in [-0.2, 0) is 0 Å². The molecule has 2 nitrogen and oxygen atoms in total. The molecular weight excluding hydrogens is 252 g/mol. The van der Waals surface area contributed by atoms with Crippen molar-refractivity contribution in [3.05, 3.63) is 36.0 Å². The standard InChI is InChI=1S/C16H20N2S/c1-11(2)9-17-16-18-10-15(19-16)14-6-4-3-5-13(14)12-7-8-12/h3-6,10-12H,7-9H2,1-2H3,(H,17,18). The van der Waals surface area contributed by atoms with E-state index in [4.69, 9.17) is 0 Å². The van der Waals surface area contributed by atoms with Gasteiger partial charge < -0.3 is 5.32 Å². The van der Waals surface area contributed by atoms with Crippen molar-refractivity contribution < 1.29 is 0 Å². The number of aromatic nitrogens is 1. The average Bonchev–Trinajstić information content (AvgIpc) is 3.15. The van der Waals surface area contributed by atoms with E-state index in [1.807, 2.05) is 6.20 Å². The minimum atomic E-state index is 0.645. The molecule has 2 aromatic rings. The van der Waals surface area contributed by atoms with Gasteiger partial charge in [-0.3, -0.25) is 0 Å². The first-order valence-corrected chi connectivity index (χ1v) is 7.84. The van der Waals surface area contributed by atoms with Crippen LogP contribution in [0.3, 0.4) is 0 Å². The molecule has 0 atom stereocenters. The molecule has 0 radical (unpaired) electrons. The summed E-state index contributed by atoms with van der Waals surface area (Å²) in [6, 6.07) is 8.78. The van der Waals surface area contributed by atoms with Gasteiger partial charge in [0.25, 0.3) is 0 Å². The Morgan fingerprint density at radius 2 is 2.11 bits per heavy atom. The van der Waals surface area contributed by atoms with E-state index in [2.05, 4.69) is 48.4 Å². The van der Waals surface area contributed by atoms with Gasteiger partial charge in [0.1, 0.15) is 0 Å². The van der Waals surface area contributed by atoms with Crippen molar-refractivity contribution in [2.24, 2.45) is 5.92 Å². The Bertz CT molecular complexity index is 555. The summed E-state index contributed by atoms with van der Waals surface area (Å²) in [4.78, 5) is 5.78. The van der Waals surface area contributed by atoms with Crippen LogP contribution in [0.15, 0.2) is 30.5 Å². The minimum absolute atomic E-state index is 0.645. The summed E-state index contributed by atoms with van der Waals surface area (Å²) in [5.74, 6) is 1.43. The van der Waals surface area contributed by atoms with E-state index in [0.29, 0.717) is 5.92 Å². The monoisotopic (exact) mass is 272 g/mol. The molecule has 1 saturated carbocycles. The van der Waals surface area contributed by atoms with E-state index >= 15 is 0 Å². The summed E-state index contributed by atoms with van der Waals surface area (Å²) in [5, 5.41) is 4.44. The fourth-order valence-corrected chi connectivity index (χ4v) is 3.11. The maximum atomic E-state index is 4.49. The van der Waals surface area contributed by atoms with Gasteiger partial charge in [-0.25, -0.2) is 4.98 Å². The molecule has 1 aromatic carbocycles. The molecule has 0 aliphatic heterocycles. The number of nitrogens with one attached hydrogen (secondary N) is 1. The Morgan fingerprint density at radius 1 is 1.32 bits per heavy atom. The first kappa shape index (κ1) is 12.7. The number of rotatable bonds is 5. The molecule has 0 spiro atoms. The lowest BCUT2D eigenvalue weighted by Gasteiger charge is -2.06. The van der Waals surface area contributed by atoms with Crippen LogP contribution < -0.4 is 5.32 Å². The van der Waals surface area contributed by atoms with Crippen LogP contribution >= 0.6 is 11.3 Å². The predicted molar refractivity (Wildman–Crippen MR) is 82.9 cm³/mol. The third-order valence-corrected chi connectivity index (χ3v) is 4.40. The highest BCUT2D eigenvalue weighted by Gasteiger charge is 2.26. The minimum Gasteiger partial charge on any atom is -0.361 e. The molecule has 0 saturated heterocycles. The second-order valence-electron chi connectivity index (χ2n) is 5.67. The summed E-state index contributed by atoms with van der Waals surface area (Å²) in [7, 11) is 0. The lowest BCUT2D eigenvalue weighted by Crippen LogP contribution is -2.07.